The topological polar surface area (TPSA) is 123 Å². The van der Waals surface area contributed by atoms with Crippen LogP contribution in [0.1, 0.15) is 46.1 Å². The van der Waals surface area contributed by atoms with Crippen LogP contribution in [0, 0.1) is 22.7 Å². The number of hydrogen-bond donors (Lipinski definition) is 2. The van der Waals surface area contributed by atoms with Gasteiger partial charge in [0.05, 0.1) is 43.6 Å². The van der Waals surface area contributed by atoms with Gasteiger partial charge in [0.2, 0.25) is 0 Å². The molecule has 0 fully saturated rings. The number of nitriles is 1. The molecule has 0 saturated heterocycles. The molecule has 3 aliphatic rings. The first-order chi connectivity index (χ1) is 20.3. The number of carboxylic acid groups (broad SMARTS) is 2. The summed E-state index contributed by atoms with van der Waals surface area (Å²) in [5.74, 6) is -0.204. The number of carboxylic acids is 2. The lowest BCUT2D eigenvalue weighted by Gasteiger charge is -2.26. The maximum atomic E-state index is 11.5. The van der Waals surface area contributed by atoms with Crippen LogP contribution in [0.25, 0.3) is 0 Å². The predicted molar refractivity (Wildman–Crippen MR) is 164 cm³/mol. The molecule has 1 aliphatic carbocycles. The van der Waals surface area contributed by atoms with Gasteiger partial charge >= 0.3 is 11.9 Å². The summed E-state index contributed by atoms with van der Waals surface area (Å²) in [6, 6.07) is 8.03. The van der Waals surface area contributed by atoms with E-state index < -0.39 is 17.4 Å². The molecule has 226 valence electrons. The Balaban J connectivity index is 1.73. The fraction of sp³-hybridized carbons (Fsp3) is 0.412. The summed E-state index contributed by atoms with van der Waals surface area (Å²) in [6.45, 7) is 9.01. The summed E-state index contributed by atoms with van der Waals surface area (Å²) in [5, 5.41) is 28.9. The lowest BCUT2D eigenvalue weighted by atomic mass is 9.73. The van der Waals surface area contributed by atoms with Crippen LogP contribution >= 0.6 is 0 Å². The number of carbonyl (C=O) groups is 2. The van der Waals surface area contributed by atoms with Crippen LogP contribution in [0.2, 0.25) is 0 Å². The van der Waals surface area contributed by atoms with E-state index in [4.69, 9.17) is 9.47 Å². The lowest BCUT2D eigenvalue weighted by molar-refractivity contribution is -0.549. The fourth-order valence-electron chi connectivity index (χ4n) is 6.41. The Hall–Kier alpha value is -4.58. The molecule has 2 N–H and O–H groups in total. The summed E-state index contributed by atoms with van der Waals surface area (Å²) < 4.78 is 13.0. The largest absolute Gasteiger partial charge is 0.497 e. The molecule has 0 radical (unpaired) electrons. The smallest absolute Gasteiger partial charge is 0.309 e. The van der Waals surface area contributed by atoms with E-state index in [2.05, 4.69) is 50.5 Å². The lowest BCUT2D eigenvalue weighted by Crippen LogP contribution is -2.32. The highest BCUT2D eigenvalue weighted by molar-refractivity contribution is 5.97. The minimum atomic E-state index is -0.887. The van der Waals surface area contributed by atoms with Gasteiger partial charge in [-0.3, -0.25) is 9.59 Å². The normalized spacial score (nSPS) is 22.8. The first-order valence-electron chi connectivity index (χ1n) is 14.3. The van der Waals surface area contributed by atoms with Crippen LogP contribution in [0.5, 0.6) is 5.75 Å². The Morgan fingerprint density at radius 2 is 1.84 bits per heavy atom. The molecule has 43 heavy (non-hydrogen) atoms. The minimum absolute atomic E-state index is 0.00895. The zero-order valence-electron chi connectivity index (χ0n) is 25.6. The molecule has 2 unspecified atom stereocenters. The molecule has 9 nitrogen and oxygen atoms in total. The van der Waals surface area contributed by atoms with E-state index >= 15 is 0 Å². The van der Waals surface area contributed by atoms with E-state index in [0.29, 0.717) is 17.9 Å². The quantitative estimate of drug-likeness (QED) is 0.206. The highest BCUT2D eigenvalue weighted by Gasteiger charge is 2.53. The standard InChI is InChI=1S/C34H39N3O6/c1-33(2)25-19-23(42-5)9-11-27(25)36(17-15-31(38)39)29(33)13-7-22(21-35)8-14-30-34(3,4)26-20-24(43-6)10-12-28(26)37(30)18-16-32(40)41/h7-14,19-20,25,27H,15-18H2,1-6H3,(H-,38,39,40,41)/p+1. The van der Waals surface area contributed by atoms with E-state index in [1.807, 2.05) is 41.3 Å². The van der Waals surface area contributed by atoms with Crippen molar-refractivity contribution in [2.45, 2.75) is 52.0 Å². The second-order valence-electron chi connectivity index (χ2n) is 12.0. The number of fused-ring (bicyclic) bond motifs is 2. The summed E-state index contributed by atoms with van der Waals surface area (Å²) in [6.07, 6.45) is 13.3. The molecular formula is C34H40N3O6+. The third-order valence-electron chi connectivity index (χ3n) is 8.75. The minimum Gasteiger partial charge on any atom is -0.497 e. The number of ether oxygens (including phenoxy) is 2. The molecule has 0 spiro atoms. The van der Waals surface area contributed by atoms with Crippen LogP contribution in [0.4, 0.5) is 5.69 Å². The predicted octanol–water partition coefficient (Wildman–Crippen LogP) is 5.21. The monoisotopic (exact) mass is 586 g/mol. The van der Waals surface area contributed by atoms with Crippen molar-refractivity contribution in [3.63, 3.8) is 0 Å². The number of anilines is 1. The van der Waals surface area contributed by atoms with Crippen molar-refractivity contribution in [1.82, 2.24) is 0 Å². The number of aliphatic carboxylic acids is 2. The van der Waals surface area contributed by atoms with Gasteiger partial charge in [-0.2, -0.15) is 5.26 Å². The Kier molecular flexibility index (Phi) is 9.00. The molecular weight excluding hydrogens is 546 g/mol. The Bertz CT molecular complexity index is 1530. The SMILES string of the molecule is COC1=CC2C(C=C1)[N+](CCC(=O)O)=C(/C=C/C(C#N)=C/C=C1/N(CCC(=O)O)c3ccc(OC)cc3C1(C)C)C2(C)C. The second-order valence-corrected chi connectivity index (χ2v) is 12.0. The van der Waals surface area contributed by atoms with E-state index in [0.717, 1.165) is 28.4 Å². The van der Waals surface area contributed by atoms with Crippen molar-refractivity contribution < 1.29 is 33.9 Å². The van der Waals surface area contributed by atoms with Crippen molar-refractivity contribution in [3.05, 3.63) is 83.3 Å². The fourth-order valence-corrected chi connectivity index (χ4v) is 6.41. The highest BCUT2D eigenvalue weighted by atomic mass is 16.5. The number of hydrogen-bond acceptors (Lipinski definition) is 6. The van der Waals surface area contributed by atoms with Gasteiger partial charge in [-0.25, -0.2) is 4.58 Å². The van der Waals surface area contributed by atoms with E-state index in [1.54, 1.807) is 26.4 Å². The van der Waals surface area contributed by atoms with Gasteiger partial charge in [0.25, 0.3) is 0 Å². The molecule has 1 aromatic rings. The average Bonchev–Trinajstić information content (AvgIpc) is 3.32. The van der Waals surface area contributed by atoms with Crippen molar-refractivity contribution >= 4 is 23.3 Å². The molecule has 0 bridgehead atoms. The van der Waals surface area contributed by atoms with E-state index in [-0.39, 0.29) is 36.8 Å². The molecule has 9 heteroatoms. The van der Waals surface area contributed by atoms with Gasteiger partial charge in [-0.1, -0.05) is 13.8 Å². The Morgan fingerprint density at radius 3 is 2.47 bits per heavy atom. The summed E-state index contributed by atoms with van der Waals surface area (Å²) in [7, 11) is 3.24. The Morgan fingerprint density at radius 1 is 1.12 bits per heavy atom. The molecule has 0 aromatic heterocycles. The van der Waals surface area contributed by atoms with E-state index in [9.17, 15) is 25.1 Å². The maximum absolute atomic E-state index is 11.5. The van der Waals surface area contributed by atoms with Gasteiger partial charge in [-0.15, -0.1) is 0 Å². The van der Waals surface area contributed by atoms with Crippen molar-refractivity contribution in [2.24, 2.45) is 11.3 Å². The average molecular weight is 587 g/mol. The van der Waals surface area contributed by atoms with Gasteiger partial charge in [0.15, 0.2) is 18.3 Å². The molecule has 2 aliphatic heterocycles. The molecule has 2 atom stereocenters. The summed E-state index contributed by atoms with van der Waals surface area (Å²) >= 11 is 0. The third kappa shape index (κ3) is 6.14. The van der Waals surface area contributed by atoms with Crippen molar-refractivity contribution in [3.8, 4) is 11.8 Å². The number of benzene rings is 1. The Labute approximate surface area is 253 Å². The summed E-state index contributed by atoms with van der Waals surface area (Å²) in [4.78, 5) is 24.9. The van der Waals surface area contributed by atoms with Crippen LogP contribution in [-0.4, -0.2) is 65.8 Å². The van der Waals surface area contributed by atoms with Crippen molar-refractivity contribution in [1.29, 1.82) is 5.26 Å². The van der Waals surface area contributed by atoms with E-state index in [1.165, 1.54) is 0 Å². The molecule has 0 amide bonds. The summed E-state index contributed by atoms with van der Waals surface area (Å²) in [5.41, 5.74) is 3.35. The van der Waals surface area contributed by atoms with Crippen molar-refractivity contribution in [2.75, 3.05) is 32.2 Å². The zero-order valence-corrected chi connectivity index (χ0v) is 25.6. The molecule has 4 rings (SSSR count). The third-order valence-corrected chi connectivity index (χ3v) is 8.75. The van der Waals surface area contributed by atoms with Gasteiger partial charge in [0, 0.05) is 29.4 Å². The van der Waals surface area contributed by atoms with Crippen LogP contribution in [0.15, 0.2) is 77.8 Å². The zero-order chi connectivity index (χ0) is 31.5. The van der Waals surface area contributed by atoms with Gasteiger partial charge in [0.1, 0.15) is 17.9 Å². The number of allylic oxidation sites excluding steroid dienone is 7. The van der Waals surface area contributed by atoms with Crippen LogP contribution in [0.3, 0.4) is 0 Å². The molecule has 0 saturated carbocycles. The number of nitrogens with zero attached hydrogens (tertiary/aromatic N) is 3. The van der Waals surface area contributed by atoms with Crippen LogP contribution < -0.4 is 9.64 Å². The van der Waals surface area contributed by atoms with Crippen LogP contribution in [-0.2, 0) is 19.7 Å². The number of rotatable bonds is 11. The first kappa shape index (κ1) is 31.4. The van der Waals surface area contributed by atoms with Gasteiger partial charge in [-0.05, 0) is 74.1 Å². The van der Waals surface area contributed by atoms with Gasteiger partial charge < -0.3 is 24.6 Å². The molecule has 1 aromatic carbocycles. The second kappa shape index (κ2) is 12.3. The maximum Gasteiger partial charge on any atom is 0.309 e. The molecule has 2 heterocycles. The highest BCUT2D eigenvalue weighted by Crippen LogP contribution is 2.49. The number of methoxy groups -OCH3 is 2. The first-order valence-corrected chi connectivity index (χ1v) is 14.3.